The number of rotatable bonds is 18. The maximum atomic E-state index is 11.4. The quantitative estimate of drug-likeness (QED) is 0.120. The minimum Gasteiger partial charge on any atom is -0.350 e. The highest BCUT2D eigenvalue weighted by Gasteiger charge is 2.17. The maximum absolute atomic E-state index is 11.4. The molecule has 0 aromatic rings. The van der Waals surface area contributed by atoms with Crippen molar-refractivity contribution < 1.29 is 9.59 Å². The molecule has 0 saturated carbocycles. The van der Waals surface area contributed by atoms with Gasteiger partial charge in [-0.1, -0.05) is 84.0 Å². The second-order valence-electron chi connectivity index (χ2n) is 7.75. The van der Waals surface area contributed by atoms with Crippen LogP contribution in [-0.4, -0.2) is 34.7 Å². The molecule has 28 heavy (non-hydrogen) atoms. The van der Waals surface area contributed by atoms with Crippen LogP contribution in [0.15, 0.2) is 0 Å². The summed E-state index contributed by atoms with van der Waals surface area (Å²) >= 11 is 0. The van der Waals surface area contributed by atoms with Crippen LogP contribution in [0.2, 0.25) is 0 Å². The Morgan fingerprint density at radius 2 is 1.11 bits per heavy atom. The first kappa shape index (κ1) is 26.5. The molecule has 0 spiro atoms. The molecule has 8 heteroatoms. The van der Waals surface area contributed by atoms with Crippen molar-refractivity contribution in [1.29, 1.82) is 0 Å². The number of urea groups is 2. The third-order valence-electron chi connectivity index (χ3n) is 5.26. The highest BCUT2D eigenvalue weighted by Crippen LogP contribution is 2.17. The average molecular weight is 401 g/mol. The fraction of sp³-hybridized carbons (Fsp3) is 0.900. The number of unbranched alkanes of at least 4 members (excludes halogenated alkanes) is 11. The minimum atomic E-state index is -0.572. The van der Waals surface area contributed by atoms with Crippen molar-refractivity contribution in [2.75, 3.05) is 6.54 Å². The molecular formula is C20H44N6O2. The summed E-state index contributed by atoms with van der Waals surface area (Å²) in [6.45, 7) is 2.71. The predicted octanol–water partition coefficient (Wildman–Crippen LogP) is 3.74. The smallest absolute Gasteiger partial charge is 0.329 e. The van der Waals surface area contributed by atoms with Crippen molar-refractivity contribution in [1.82, 2.24) is 10.0 Å². The van der Waals surface area contributed by atoms with Gasteiger partial charge in [-0.25, -0.2) is 21.3 Å². The van der Waals surface area contributed by atoms with Gasteiger partial charge in [-0.05, 0) is 19.3 Å². The Kier molecular flexibility index (Phi) is 16.6. The van der Waals surface area contributed by atoms with E-state index >= 15 is 0 Å². The van der Waals surface area contributed by atoms with Crippen molar-refractivity contribution in [2.24, 2.45) is 23.2 Å². The van der Waals surface area contributed by atoms with Crippen molar-refractivity contribution in [3.8, 4) is 0 Å². The summed E-state index contributed by atoms with van der Waals surface area (Å²) in [6, 6.07) is -1.04. The van der Waals surface area contributed by atoms with Crippen molar-refractivity contribution in [2.45, 2.75) is 109 Å². The third-order valence-corrected chi connectivity index (χ3v) is 5.26. The number of nitrogens with zero attached hydrogens (tertiary/aromatic N) is 2. The number of carbonyl (C=O) groups excluding carboxylic acids is 2. The van der Waals surface area contributed by atoms with Crippen LogP contribution < -0.4 is 23.2 Å². The van der Waals surface area contributed by atoms with E-state index in [1.54, 1.807) is 0 Å². The van der Waals surface area contributed by atoms with E-state index in [1.165, 1.54) is 56.4 Å². The second kappa shape index (κ2) is 17.6. The Balaban J connectivity index is 3.67. The van der Waals surface area contributed by atoms with Gasteiger partial charge in [0.25, 0.3) is 0 Å². The van der Waals surface area contributed by atoms with E-state index in [4.69, 9.17) is 23.2 Å². The molecule has 1 atom stereocenters. The van der Waals surface area contributed by atoms with E-state index in [9.17, 15) is 9.59 Å². The summed E-state index contributed by atoms with van der Waals surface area (Å²) in [7, 11) is 0. The fourth-order valence-electron chi connectivity index (χ4n) is 3.42. The van der Waals surface area contributed by atoms with Gasteiger partial charge in [-0.3, -0.25) is 10.0 Å². The summed E-state index contributed by atoms with van der Waals surface area (Å²) < 4.78 is 0. The Hall–Kier alpha value is -1.54. The summed E-state index contributed by atoms with van der Waals surface area (Å²) in [5, 5.41) is 2.30. The summed E-state index contributed by atoms with van der Waals surface area (Å²) in [5.74, 6) is 11.3. The van der Waals surface area contributed by atoms with E-state index in [2.05, 4.69) is 6.92 Å². The number of carbonyl (C=O) groups is 2. The first-order chi connectivity index (χ1) is 13.4. The molecule has 0 heterocycles. The molecule has 8 nitrogen and oxygen atoms in total. The molecule has 0 rings (SSSR count). The number of hydrazine groups is 2. The molecular weight excluding hydrogens is 356 g/mol. The zero-order valence-electron chi connectivity index (χ0n) is 17.9. The second-order valence-corrected chi connectivity index (χ2v) is 7.75. The van der Waals surface area contributed by atoms with Gasteiger partial charge in [-0.15, -0.1) is 0 Å². The van der Waals surface area contributed by atoms with Gasteiger partial charge in [-0.2, -0.15) is 0 Å². The number of nitrogens with two attached hydrogens (primary N) is 4. The lowest BCUT2D eigenvalue weighted by atomic mass is 10.00. The Morgan fingerprint density at radius 3 is 1.54 bits per heavy atom. The SMILES string of the molecule is CCCCCCC(CCCCCCCCCCCN(N)C(N)=O)N(N)C(N)=O. The maximum Gasteiger partial charge on any atom is 0.329 e. The van der Waals surface area contributed by atoms with E-state index in [0.29, 0.717) is 6.54 Å². The molecule has 0 aliphatic heterocycles. The van der Waals surface area contributed by atoms with Gasteiger partial charge in [0, 0.05) is 12.6 Å². The van der Waals surface area contributed by atoms with Gasteiger partial charge in [0.2, 0.25) is 0 Å². The highest BCUT2D eigenvalue weighted by molar-refractivity contribution is 5.71. The molecule has 166 valence electrons. The topological polar surface area (TPSA) is 145 Å². The molecule has 0 aromatic carbocycles. The van der Waals surface area contributed by atoms with Crippen molar-refractivity contribution in [3.63, 3.8) is 0 Å². The summed E-state index contributed by atoms with van der Waals surface area (Å²) in [6.07, 6.45) is 16.8. The number of hydrogen-bond acceptors (Lipinski definition) is 4. The standard InChI is InChI=1S/C20H44N6O2/c1-2-3-4-12-15-18(26(24)20(22)28)16-13-10-8-6-5-7-9-11-14-17-25(23)19(21)27/h18H,2-17,23-24H2,1H3,(H2,21,27)(H2,22,28). The van der Waals surface area contributed by atoms with Gasteiger partial charge >= 0.3 is 12.1 Å². The van der Waals surface area contributed by atoms with Gasteiger partial charge < -0.3 is 11.5 Å². The summed E-state index contributed by atoms with van der Waals surface area (Å²) in [5.41, 5.74) is 10.4. The Bertz CT molecular complexity index is 408. The zero-order valence-corrected chi connectivity index (χ0v) is 17.9. The monoisotopic (exact) mass is 400 g/mol. The van der Waals surface area contributed by atoms with E-state index in [1.807, 2.05) is 0 Å². The van der Waals surface area contributed by atoms with Gasteiger partial charge in [0.1, 0.15) is 0 Å². The molecule has 0 bridgehead atoms. The predicted molar refractivity (Wildman–Crippen MR) is 115 cm³/mol. The van der Waals surface area contributed by atoms with Crippen LogP contribution in [0.4, 0.5) is 9.59 Å². The lowest BCUT2D eigenvalue weighted by molar-refractivity contribution is 0.173. The fourth-order valence-corrected chi connectivity index (χ4v) is 3.42. The first-order valence-electron chi connectivity index (χ1n) is 11.0. The van der Waals surface area contributed by atoms with Gasteiger partial charge in [0.05, 0.1) is 0 Å². The Labute approximate surface area is 171 Å². The minimum absolute atomic E-state index is 0.0665. The normalized spacial score (nSPS) is 12.0. The highest BCUT2D eigenvalue weighted by atomic mass is 16.2. The van der Waals surface area contributed by atoms with Gasteiger partial charge in [0.15, 0.2) is 0 Å². The van der Waals surface area contributed by atoms with Crippen LogP contribution in [0.3, 0.4) is 0 Å². The molecule has 0 aromatic heterocycles. The molecule has 4 amide bonds. The molecule has 0 radical (unpaired) electrons. The van der Waals surface area contributed by atoms with Crippen LogP contribution >= 0.6 is 0 Å². The zero-order chi connectivity index (χ0) is 21.2. The molecule has 1 unspecified atom stereocenters. The molecule has 0 fully saturated rings. The molecule has 8 N–H and O–H groups in total. The van der Waals surface area contributed by atoms with E-state index in [-0.39, 0.29) is 6.04 Å². The molecule has 0 saturated heterocycles. The van der Waals surface area contributed by atoms with Crippen LogP contribution in [0, 0.1) is 0 Å². The van der Waals surface area contributed by atoms with Crippen LogP contribution in [0.25, 0.3) is 0 Å². The molecule has 0 aliphatic rings. The molecule has 0 aliphatic carbocycles. The third kappa shape index (κ3) is 14.5. The Morgan fingerprint density at radius 1 is 0.679 bits per heavy atom. The number of amides is 4. The largest absolute Gasteiger partial charge is 0.350 e. The summed E-state index contributed by atoms with van der Waals surface area (Å²) in [4.78, 5) is 22.1. The van der Waals surface area contributed by atoms with Crippen LogP contribution in [-0.2, 0) is 0 Å². The van der Waals surface area contributed by atoms with Crippen molar-refractivity contribution in [3.05, 3.63) is 0 Å². The van der Waals surface area contributed by atoms with E-state index < -0.39 is 12.1 Å². The first-order valence-corrected chi connectivity index (χ1v) is 11.0. The van der Waals surface area contributed by atoms with Crippen LogP contribution in [0.5, 0.6) is 0 Å². The van der Waals surface area contributed by atoms with Crippen molar-refractivity contribution >= 4 is 12.1 Å². The lowest BCUT2D eigenvalue weighted by Crippen LogP contribution is -2.48. The van der Waals surface area contributed by atoms with Crippen LogP contribution in [0.1, 0.15) is 103 Å². The number of primary amides is 2. The average Bonchev–Trinajstić information content (AvgIpc) is 2.66. The lowest BCUT2D eigenvalue weighted by Gasteiger charge is -2.26. The number of hydrogen-bond donors (Lipinski definition) is 4. The van der Waals surface area contributed by atoms with E-state index in [0.717, 1.165) is 50.0 Å².